The summed E-state index contributed by atoms with van der Waals surface area (Å²) in [5.74, 6) is 0.542. The Balaban J connectivity index is 2.36. The quantitative estimate of drug-likeness (QED) is 0.718. The number of fused-ring (bicyclic) bond motifs is 1. The highest BCUT2D eigenvalue weighted by molar-refractivity contribution is 9.10. The van der Waals surface area contributed by atoms with Crippen molar-refractivity contribution in [2.75, 3.05) is 5.73 Å². The first-order valence-corrected chi connectivity index (χ1v) is 5.51. The number of hydrogen-bond donors (Lipinski definition) is 2. The number of nitrogen functional groups attached to an aromatic ring is 1. The first kappa shape index (κ1) is 9.47. The second-order valence-corrected chi connectivity index (χ2v) is 4.32. The van der Waals surface area contributed by atoms with Crippen molar-refractivity contribution in [1.29, 1.82) is 0 Å². The number of rotatable bonds is 1. The number of benzene rings is 1. The van der Waals surface area contributed by atoms with Crippen LogP contribution in [0.25, 0.3) is 22.1 Å². The van der Waals surface area contributed by atoms with Crippen LogP contribution in [0.15, 0.2) is 39.5 Å². The van der Waals surface area contributed by atoms with E-state index in [0.717, 1.165) is 26.6 Å². The maximum atomic E-state index is 5.80. The molecule has 0 aliphatic rings. The predicted octanol–water partition coefficient (Wildman–Crippen LogP) is 3.17. The zero-order valence-electron chi connectivity index (χ0n) is 8.20. The summed E-state index contributed by atoms with van der Waals surface area (Å²) >= 11 is 3.43. The molecule has 0 bridgehead atoms. The van der Waals surface area contributed by atoms with Crippen LogP contribution in [0.3, 0.4) is 0 Å². The van der Waals surface area contributed by atoms with Gasteiger partial charge in [0.25, 0.3) is 0 Å². The monoisotopic (exact) mass is 277 g/mol. The first-order valence-electron chi connectivity index (χ1n) is 4.72. The minimum atomic E-state index is 0.542. The summed E-state index contributed by atoms with van der Waals surface area (Å²) in [6, 6.07) is 5.91. The Labute approximate surface area is 99.6 Å². The van der Waals surface area contributed by atoms with Gasteiger partial charge in [-0.2, -0.15) is 5.10 Å². The Bertz CT molecular complexity index is 656. The maximum Gasteiger partial charge on any atom is 0.143 e. The third-order valence-corrected chi connectivity index (χ3v) is 3.13. The summed E-state index contributed by atoms with van der Waals surface area (Å²) in [6.07, 6.45) is 3.37. The van der Waals surface area contributed by atoms with Crippen LogP contribution < -0.4 is 5.73 Å². The van der Waals surface area contributed by atoms with Crippen LogP contribution >= 0.6 is 15.9 Å². The van der Waals surface area contributed by atoms with Crippen LogP contribution in [0.5, 0.6) is 0 Å². The van der Waals surface area contributed by atoms with Gasteiger partial charge in [-0.05, 0) is 22.0 Å². The molecule has 0 amide bonds. The average Bonchev–Trinajstić information content (AvgIpc) is 2.86. The van der Waals surface area contributed by atoms with E-state index in [1.807, 2.05) is 18.2 Å². The number of anilines is 1. The fraction of sp³-hybridized carbons (Fsp3) is 0. The number of halogens is 1. The second-order valence-electron chi connectivity index (χ2n) is 3.46. The molecule has 3 N–H and O–H groups in total. The molecular formula is C11H8BrN3O. The molecule has 2 aromatic heterocycles. The van der Waals surface area contributed by atoms with Gasteiger partial charge in [-0.15, -0.1) is 0 Å². The number of H-pyrrole nitrogens is 1. The summed E-state index contributed by atoms with van der Waals surface area (Å²) in [5, 5.41) is 7.65. The molecule has 0 atom stereocenters. The van der Waals surface area contributed by atoms with E-state index in [0.29, 0.717) is 5.82 Å². The summed E-state index contributed by atoms with van der Waals surface area (Å²) in [5.41, 5.74) is 8.40. The summed E-state index contributed by atoms with van der Waals surface area (Å²) in [6.45, 7) is 0. The van der Waals surface area contributed by atoms with Crippen LogP contribution in [0.2, 0.25) is 0 Å². The number of nitrogens with one attached hydrogen (secondary N) is 1. The first-order chi connectivity index (χ1) is 7.77. The molecule has 0 spiro atoms. The van der Waals surface area contributed by atoms with Crippen molar-refractivity contribution in [2.24, 2.45) is 0 Å². The van der Waals surface area contributed by atoms with Gasteiger partial charge < -0.3 is 10.2 Å². The van der Waals surface area contributed by atoms with Gasteiger partial charge in [0.05, 0.1) is 10.7 Å². The van der Waals surface area contributed by atoms with Crippen molar-refractivity contribution in [3.63, 3.8) is 0 Å². The third kappa shape index (κ3) is 1.25. The Hall–Kier alpha value is -1.75. The molecule has 4 nitrogen and oxygen atoms in total. The highest BCUT2D eigenvalue weighted by Gasteiger charge is 2.12. The van der Waals surface area contributed by atoms with Gasteiger partial charge in [0.1, 0.15) is 17.7 Å². The predicted molar refractivity (Wildman–Crippen MR) is 65.9 cm³/mol. The Morgan fingerprint density at radius 1 is 1.31 bits per heavy atom. The Kier molecular flexibility index (Phi) is 2.00. The minimum absolute atomic E-state index is 0.542. The van der Waals surface area contributed by atoms with Gasteiger partial charge in [0.15, 0.2) is 0 Å². The van der Waals surface area contributed by atoms with Crippen LogP contribution in [0.4, 0.5) is 5.82 Å². The van der Waals surface area contributed by atoms with Crippen molar-refractivity contribution in [3.8, 4) is 11.1 Å². The number of nitrogens with two attached hydrogens (primary N) is 1. The van der Waals surface area contributed by atoms with E-state index in [-0.39, 0.29) is 0 Å². The fourth-order valence-electron chi connectivity index (χ4n) is 1.75. The molecule has 0 unspecified atom stereocenters. The molecule has 3 rings (SSSR count). The van der Waals surface area contributed by atoms with Gasteiger partial charge in [-0.25, -0.2) is 0 Å². The van der Waals surface area contributed by atoms with Gasteiger partial charge in [-0.3, -0.25) is 5.10 Å². The lowest BCUT2D eigenvalue weighted by Crippen LogP contribution is -1.87. The largest absolute Gasteiger partial charge is 0.462 e. The van der Waals surface area contributed by atoms with Crippen molar-refractivity contribution in [2.45, 2.75) is 0 Å². The molecular weight excluding hydrogens is 270 g/mol. The van der Waals surface area contributed by atoms with E-state index in [1.165, 1.54) is 0 Å². The maximum absolute atomic E-state index is 5.80. The smallest absolute Gasteiger partial charge is 0.143 e. The van der Waals surface area contributed by atoms with E-state index >= 15 is 0 Å². The normalized spacial score (nSPS) is 11.1. The van der Waals surface area contributed by atoms with Gasteiger partial charge in [-0.1, -0.05) is 12.1 Å². The van der Waals surface area contributed by atoms with E-state index in [9.17, 15) is 0 Å². The summed E-state index contributed by atoms with van der Waals surface area (Å²) in [4.78, 5) is 0. The molecule has 0 aliphatic heterocycles. The minimum Gasteiger partial charge on any atom is -0.462 e. The van der Waals surface area contributed by atoms with Gasteiger partial charge >= 0.3 is 0 Å². The molecule has 3 aromatic rings. The van der Waals surface area contributed by atoms with Crippen molar-refractivity contribution in [1.82, 2.24) is 10.2 Å². The molecule has 0 fully saturated rings. The molecule has 0 saturated carbocycles. The molecule has 0 aliphatic carbocycles. The number of para-hydroxylation sites is 1. The number of hydrogen-bond acceptors (Lipinski definition) is 3. The number of nitrogens with zero attached hydrogens (tertiary/aromatic N) is 1. The third-order valence-electron chi connectivity index (χ3n) is 2.51. The van der Waals surface area contributed by atoms with Crippen LogP contribution in [-0.2, 0) is 0 Å². The molecule has 16 heavy (non-hydrogen) atoms. The highest BCUT2D eigenvalue weighted by atomic mass is 79.9. The fourth-order valence-corrected chi connectivity index (χ4v) is 2.15. The van der Waals surface area contributed by atoms with Gasteiger partial charge in [0.2, 0.25) is 0 Å². The Morgan fingerprint density at radius 2 is 2.19 bits per heavy atom. The Morgan fingerprint density at radius 3 is 2.94 bits per heavy atom. The van der Waals surface area contributed by atoms with Crippen molar-refractivity contribution >= 4 is 32.7 Å². The highest BCUT2D eigenvalue weighted by Crippen LogP contribution is 2.35. The van der Waals surface area contributed by atoms with E-state index in [1.54, 1.807) is 12.5 Å². The van der Waals surface area contributed by atoms with Crippen LogP contribution in [-0.4, -0.2) is 10.2 Å². The topological polar surface area (TPSA) is 67.8 Å². The SMILES string of the molecule is Nc1[nH]ncc1-c1cccc2c(Br)coc12. The van der Waals surface area contributed by atoms with E-state index < -0.39 is 0 Å². The van der Waals surface area contributed by atoms with E-state index in [2.05, 4.69) is 26.1 Å². The summed E-state index contributed by atoms with van der Waals surface area (Å²) in [7, 11) is 0. The zero-order valence-corrected chi connectivity index (χ0v) is 9.78. The lowest BCUT2D eigenvalue weighted by molar-refractivity contribution is 0.615. The molecule has 0 saturated heterocycles. The number of aromatic amines is 1. The molecule has 2 heterocycles. The molecule has 0 radical (unpaired) electrons. The molecule has 1 aromatic carbocycles. The number of furan rings is 1. The average molecular weight is 278 g/mol. The lowest BCUT2D eigenvalue weighted by Gasteiger charge is -2.00. The number of aromatic nitrogens is 2. The summed E-state index contributed by atoms with van der Waals surface area (Å²) < 4.78 is 6.45. The zero-order chi connectivity index (χ0) is 11.1. The van der Waals surface area contributed by atoms with Crippen LogP contribution in [0.1, 0.15) is 0 Å². The molecule has 5 heteroatoms. The lowest BCUT2D eigenvalue weighted by atomic mass is 10.1. The van der Waals surface area contributed by atoms with Crippen LogP contribution in [0, 0.1) is 0 Å². The molecule has 80 valence electrons. The standard InChI is InChI=1S/C11H8BrN3O/c12-9-5-16-10-6(2-1-3-7(9)10)8-4-14-15-11(8)13/h1-5H,(H3,13,14,15). The van der Waals surface area contributed by atoms with Crippen molar-refractivity contribution < 1.29 is 4.42 Å². The van der Waals surface area contributed by atoms with E-state index in [4.69, 9.17) is 10.2 Å². The van der Waals surface area contributed by atoms with Gasteiger partial charge in [0, 0.05) is 16.5 Å². The van der Waals surface area contributed by atoms with Crippen molar-refractivity contribution in [3.05, 3.63) is 35.1 Å². The second kappa shape index (κ2) is 3.38.